The maximum Gasteiger partial charge on any atom is 0.313 e. The Morgan fingerprint density at radius 1 is 1.62 bits per heavy atom. The van der Waals surface area contributed by atoms with Crippen LogP contribution in [-0.4, -0.2) is 22.5 Å². The van der Waals surface area contributed by atoms with Gasteiger partial charge in [-0.25, -0.2) is 4.98 Å². The summed E-state index contributed by atoms with van der Waals surface area (Å²) in [6.07, 6.45) is 0. The Morgan fingerprint density at radius 3 is 2.75 bits per heavy atom. The Hall–Kier alpha value is -1.85. The molecule has 0 radical (unpaired) electrons. The number of aromatic amines is 1. The van der Waals surface area contributed by atoms with Gasteiger partial charge in [0.2, 0.25) is 5.95 Å². The third-order valence-corrected chi connectivity index (χ3v) is 2.24. The summed E-state index contributed by atoms with van der Waals surface area (Å²) in [5, 5.41) is 0. The Balaban J connectivity index is 3.14. The lowest BCUT2D eigenvalue weighted by Crippen LogP contribution is -2.25. The fourth-order valence-corrected chi connectivity index (χ4v) is 1.51. The molecule has 6 heteroatoms. The van der Waals surface area contributed by atoms with E-state index in [1.165, 1.54) is 0 Å². The summed E-state index contributed by atoms with van der Waals surface area (Å²) in [6.45, 7) is 5.23. The van der Waals surface area contributed by atoms with Gasteiger partial charge in [0.25, 0.3) is 5.56 Å². The number of H-pyrrole nitrogens is 1. The molecule has 1 aromatic heterocycles. The van der Waals surface area contributed by atoms with Crippen molar-refractivity contribution in [3.63, 3.8) is 0 Å². The lowest BCUT2D eigenvalue weighted by molar-refractivity contribution is -0.144. The van der Waals surface area contributed by atoms with E-state index in [0.29, 0.717) is 11.3 Å². The summed E-state index contributed by atoms with van der Waals surface area (Å²) in [7, 11) is 0. The van der Waals surface area contributed by atoms with Crippen molar-refractivity contribution in [2.24, 2.45) is 0 Å². The number of nitrogens with zero attached hydrogens (tertiary/aromatic N) is 1. The minimum Gasteiger partial charge on any atom is -0.466 e. The molecule has 0 fully saturated rings. The van der Waals surface area contributed by atoms with Crippen LogP contribution in [0.4, 0.5) is 5.95 Å². The van der Waals surface area contributed by atoms with E-state index < -0.39 is 17.4 Å². The molecule has 1 aromatic rings. The number of carbonyl (C=O) groups is 1. The van der Waals surface area contributed by atoms with Crippen molar-refractivity contribution in [1.82, 2.24) is 9.97 Å². The molecule has 1 rings (SSSR count). The molecule has 0 aromatic carbocycles. The second kappa shape index (κ2) is 4.78. The van der Waals surface area contributed by atoms with Crippen molar-refractivity contribution in [2.75, 3.05) is 12.3 Å². The molecule has 0 bridgehead atoms. The Kier molecular flexibility index (Phi) is 3.65. The topological polar surface area (TPSA) is 98.1 Å². The average Bonchev–Trinajstić information content (AvgIpc) is 2.16. The highest BCUT2D eigenvalue weighted by Crippen LogP contribution is 2.15. The quantitative estimate of drug-likeness (QED) is 0.722. The van der Waals surface area contributed by atoms with Crippen molar-refractivity contribution in [1.29, 1.82) is 0 Å². The van der Waals surface area contributed by atoms with Crippen LogP contribution in [0.2, 0.25) is 0 Å². The summed E-state index contributed by atoms with van der Waals surface area (Å²) in [5.41, 5.74) is 5.73. The van der Waals surface area contributed by atoms with Gasteiger partial charge < -0.3 is 10.5 Å². The van der Waals surface area contributed by atoms with Gasteiger partial charge >= 0.3 is 5.97 Å². The molecule has 0 saturated carbocycles. The lowest BCUT2D eigenvalue weighted by Gasteiger charge is -2.11. The van der Waals surface area contributed by atoms with E-state index in [2.05, 4.69) is 9.97 Å². The van der Waals surface area contributed by atoms with E-state index in [-0.39, 0.29) is 12.6 Å². The van der Waals surface area contributed by atoms with Gasteiger partial charge in [0, 0.05) is 0 Å². The molecule has 1 atom stereocenters. The number of rotatable bonds is 3. The van der Waals surface area contributed by atoms with Crippen LogP contribution in [0.15, 0.2) is 4.79 Å². The normalized spacial score (nSPS) is 12.2. The zero-order valence-electron chi connectivity index (χ0n) is 9.53. The van der Waals surface area contributed by atoms with Crippen LogP contribution in [0.3, 0.4) is 0 Å². The first-order valence-corrected chi connectivity index (χ1v) is 5.00. The van der Waals surface area contributed by atoms with Gasteiger partial charge in [0.1, 0.15) is 0 Å². The highest BCUT2D eigenvalue weighted by molar-refractivity contribution is 5.77. The van der Waals surface area contributed by atoms with Crippen molar-refractivity contribution in [3.05, 3.63) is 21.6 Å². The number of hydrogen-bond acceptors (Lipinski definition) is 5. The first-order chi connectivity index (χ1) is 7.47. The Morgan fingerprint density at radius 2 is 2.25 bits per heavy atom. The number of esters is 1. The van der Waals surface area contributed by atoms with Gasteiger partial charge in [-0.05, 0) is 20.8 Å². The van der Waals surface area contributed by atoms with Crippen LogP contribution in [0.25, 0.3) is 0 Å². The molecule has 16 heavy (non-hydrogen) atoms. The third kappa shape index (κ3) is 2.39. The highest BCUT2D eigenvalue weighted by atomic mass is 16.5. The van der Waals surface area contributed by atoms with Crippen LogP contribution < -0.4 is 11.3 Å². The Bertz CT molecular complexity index is 453. The maximum absolute atomic E-state index is 11.6. The standard InChI is InChI=1S/C10H15N3O3/c1-4-16-9(15)5(2)7-6(3)12-10(11)13-8(7)14/h5H,4H2,1-3H3,(H3,11,12,13,14). The first-order valence-electron chi connectivity index (χ1n) is 5.00. The molecule has 6 nitrogen and oxygen atoms in total. The van der Waals surface area contributed by atoms with Gasteiger partial charge in [-0.15, -0.1) is 0 Å². The van der Waals surface area contributed by atoms with Gasteiger partial charge in [-0.1, -0.05) is 0 Å². The molecule has 1 unspecified atom stereocenters. The number of carbonyl (C=O) groups excluding carboxylic acids is 1. The predicted molar refractivity (Wildman–Crippen MR) is 59.1 cm³/mol. The van der Waals surface area contributed by atoms with Crippen molar-refractivity contribution >= 4 is 11.9 Å². The summed E-state index contributed by atoms with van der Waals surface area (Å²) in [5.74, 6) is -1.04. The molecular weight excluding hydrogens is 210 g/mol. The third-order valence-electron chi connectivity index (χ3n) is 2.24. The number of aromatic nitrogens is 2. The molecule has 0 aliphatic carbocycles. The summed E-state index contributed by atoms with van der Waals surface area (Å²) < 4.78 is 4.85. The van der Waals surface area contributed by atoms with Crippen LogP contribution in [0, 0.1) is 6.92 Å². The van der Waals surface area contributed by atoms with E-state index in [4.69, 9.17) is 10.5 Å². The monoisotopic (exact) mass is 225 g/mol. The molecule has 0 spiro atoms. The minimum absolute atomic E-state index is 0.0438. The van der Waals surface area contributed by atoms with Gasteiger partial charge in [0.15, 0.2) is 0 Å². The largest absolute Gasteiger partial charge is 0.466 e. The van der Waals surface area contributed by atoms with E-state index in [1.54, 1.807) is 20.8 Å². The summed E-state index contributed by atoms with van der Waals surface area (Å²) >= 11 is 0. The fraction of sp³-hybridized carbons (Fsp3) is 0.500. The molecule has 0 saturated heterocycles. The smallest absolute Gasteiger partial charge is 0.313 e. The van der Waals surface area contributed by atoms with Crippen LogP contribution in [0.5, 0.6) is 0 Å². The zero-order valence-corrected chi connectivity index (χ0v) is 9.53. The lowest BCUT2D eigenvalue weighted by atomic mass is 10.0. The molecule has 0 aliphatic rings. The van der Waals surface area contributed by atoms with Crippen LogP contribution in [-0.2, 0) is 9.53 Å². The van der Waals surface area contributed by atoms with Crippen LogP contribution >= 0.6 is 0 Å². The van der Waals surface area contributed by atoms with Gasteiger partial charge in [0.05, 0.1) is 23.8 Å². The van der Waals surface area contributed by atoms with E-state index in [9.17, 15) is 9.59 Å². The second-order valence-electron chi connectivity index (χ2n) is 3.42. The molecule has 1 heterocycles. The van der Waals surface area contributed by atoms with E-state index >= 15 is 0 Å². The van der Waals surface area contributed by atoms with Crippen molar-refractivity contribution in [3.8, 4) is 0 Å². The predicted octanol–water partition coefficient (Wildman–Crippen LogP) is 0.327. The molecule has 3 N–H and O–H groups in total. The number of aryl methyl sites for hydroxylation is 1. The van der Waals surface area contributed by atoms with E-state index in [1.807, 2.05) is 0 Å². The number of nitrogens with two attached hydrogens (primary N) is 1. The molecule has 0 aliphatic heterocycles. The summed E-state index contributed by atoms with van der Waals surface area (Å²) in [6, 6.07) is 0. The van der Waals surface area contributed by atoms with E-state index in [0.717, 1.165) is 0 Å². The van der Waals surface area contributed by atoms with Crippen molar-refractivity contribution < 1.29 is 9.53 Å². The minimum atomic E-state index is -0.642. The number of anilines is 1. The van der Waals surface area contributed by atoms with Gasteiger partial charge in [-0.2, -0.15) is 0 Å². The highest BCUT2D eigenvalue weighted by Gasteiger charge is 2.22. The second-order valence-corrected chi connectivity index (χ2v) is 3.42. The fourth-order valence-electron chi connectivity index (χ4n) is 1.51. The SMILES string of the molecule is CCOC(=O)C(C)c1c(C)nc(N)[nH]c1=O. The number of hydrogen-bond donors (Lipinski definition) is 2. The average molecular weight is 225 g/mol. The number of ether oxygens (including phenoxy) is 1. The maximum atomic E-state index is 11.6. The van der Waals surface area contributed by atoms with Gasteiger partial charge in [-0.3, -0.25) is 14.6 Å². The van der Waals surface area contributed by atoms with Crippen LogP contribution in [0.1, 0.15) is 31.0 Å². The zero-order chi connectivity index (χ0) is 12.3. The first kappa shape index (κ1) is 12.2. The molecule has 88 valence electrons. The number of nitrogen functional groups attached to an aromatic ring is 1. The van der Waals surface area contributed by atoms with Crippen molar-refractivity contribution in [2.45, 2.75) is 26.7 Å². The molecular formula is C10H15N3O3. The molecule has 0 amide bonds. The summed E-state index contributed by atoms with van der Waals surface area (Å²) in [4.78, 5) is 29.4. The number of nitrogens with one attached hydrogen (secondary N) is 1. The Labute approximate surface area is 92.8 Å².